The van der Waals surface area contributed by atoms with Crippen molar-refractivity contribution in [2.75, 3.05) is 26.4 Å². The lowest BCUT2D eigenvalue weighted by Crippen LogP contribution is -2.46. The van der Waals surface area contributed by atoms with E-state index in [0.717, 1.165) is 0 Å². The molecule has 0 aliphatic carbocycles. The number of carbonyl (C=O) groups excluding carboxylic acids is 1. The summed E-state index contributed by atoms with van der Waals surface area (Å²) in [5, 5.41) is 18.4. The standard InChI is InChI=1S/C10H12O3.C5H9O4P/c1-6-4-9(13-8(3)11)5-7(2)10(6)12;6-1-5-2-7-10(8-3-5)9-4-5/h4-5,12H,1-3H3;6H,1-4H2. The topological polar surface area (TPSA) is 94.5 Å². The summed E-state index contributed by atoms with van der Waals surface area (Å²) in [7, 11) is -1.05. The van der Waals surface area contributed by atoms with Crippen molar-refractivity contribution >= 4 is 14.6 Å². The quantitative estimate of drug-likeness (QED) is 0.482. The van der Waals surface area contributed by atoms with Crippen LogP contribution in [0.25, 0.3) is 0 Å². The van der Waals surface area contributed by atoms with Gasteiger partial charge in [-0.1, -0.05) is 0 Å². The molecular formula is C15H21O7P. The van der Waals surface area contributed by atoms with E-state index in [1.807, 2.05) is 0 Å². The minimum atomic E-state index is -1.05. The zero-order chi connectivity index (χ0) is 17.0. The van der Waals surface area contributed by atoms with E-state index < -0.39 is 8.60 Å². The summed E-state index contributed by atoms with van der Waals surface area (Å²) in [5.74, 6) is 0.362. The number of ether oxygens (including phenoxy) is 1. The van der Waals surface area contributed by atoms with Crippen LogP contribution >= 0.6 is 8.60 Å². The predicted molar refractivity (Wildman–Crippen MR) is 83.2 cm³/mol. The molecule has 0 atom stereocenters. The van der Waals surface area contributed by atoms with Gasteiger partial charge < -0.3 is 28.5 Å². The van der Waals surface area contributed by atoms with Gasteiger partial charge in [0, 0.05) is 6.92 Å². The Morgan fingerprint density at radius 1 is 1.22 bits per heavy atom. The van der Waals surface area contributed by atoms with Gasteiger partial charge in [-0.2, -0.15) is 0 Å². The molecular weight excluding hydrogens is 323 g/mol. The van der Waals surface area contributed by atoms with Gasteiger partial charge in [0.05, 0.1) is 31.8 Å². The Hall–Kier alpha value is -1.24. The lowest BCUT2D eigenvalue weighted by Gasteiger charge is -2.42. The molecule has 8 heteroatoms. The van der Waals surface area contributed by atoms with E-state index in [-0.39, 0.29) is 23.7 Å². The molecule has 2 bridgehead atoms. The molecule has 1 aromatic rings. The number of phenols is 1. The lowest BCUT2D eigenvalue weighted by atomic mass is 9.93. The average Bonchev–Trinajstić information content (AvgIpc) is 2.54. The Kier molecular flexibility index (Phi) is 5.95. The number of hydrogen-bond acceptors (Lipinski definition) is 7. The highest BCUT2D eigenvalue weighted by Crippen LogP contribution is 2.52. The molecule has 0 aromatic heterocycles. The highest BCUT2D eigenvalue weighted by molar-refractivity contribution is 7.41. The molecule has 3 aliphatic heterocycles. The molecule has 3 saturated heterocycles. The van der Waals surface area contributed by atoms with E-state index >= 15 is 0 Å². The van der Waals surface area contributed by atoms with Crippen LogP contribution in [-0.4, -0.2) is 42.6 Å². The maximum atomic E-state index is 10.6. The van der Waals surface area contributed by atoms with Crippen molar-refractivity contribution in [3.63, 3.8) is 0 Å². The summed E-state index contributed by atoms with van der Waals surface area (Å²) < 4.78 is 20.3. The fourth-order valence-electron chi connectivity index (χ4n) is 2.08. The van der Waals surface area contributed by atoms with Crippen LogP contribution in [0.1, 0.15) is 18.1 Å². The largest absolute Gasteiger partial charge is 0.507 e. The zero-order valence-electron chi connectivity index (χ0n) is 13.4. The summed E-state index contributed by atoms with van der Waals surface area (Å²) in [4.78, 5) is 10.6. The maximum absolute atomic E-state index is 10.6. The van der Waals surface area contributed by atoms with Gasteiger partial charge in [0.2, 0.25) is 0 Å². The predicted octanol–water partition coefficient (Wildman–Crippen LogP) is 2.20. The summed E-state index contributed by atoms with van der Waals surface area (Å²) in [5.41, 5.74) is 1.14. The van der Waals surface area contributed by atoms with E-state index in [1.165, 1.54) is 6.92 Å². The molecule has 4 rings (SSSR count). The molecule has 3 fully saturated rings. The Morgan fingerprint density at radius 2 is 1.70 bits per heavy atom. The second-order valence-corrected chi connectivity index (χ2v) is 6.92. The van der Waals surface area contributed by atoms with Gasteiger partial charge in [0.25, 0.3) is 0 Å². The van der Waals surface area contributed by atoms with Gasteiger partial charge in [-0.3, -0.25) is 4.79 Å². The Balaban J connectivity index is 0.000000172. The lowest BCUT2D eigenvalue weighted by molar-refractivity contribution is -0.131. The summed E-state index contributed by atoms with van der Waals surface area (Å²) in [6.07, 6.45) is 0. The zero-order valence-corrected chi connectivity index (χ0v) is 14.3. The van der Waals surface area contributed by atoms with E-state index in [2.05, 4.69) is 0 Å². The molecule has 3 heterocycles. The molecule has 23 heavy (non-hydrogen) atoms. The molecule has 3 aliphatic rings. The third-order valence-electron chi connectivity index (χ3n) is 3.49. The highest BCUT2D eigenvalue weighted by Gasteiger charge is 2.44. The van der Waals surface area contributed by atoms with Crippen molar-refractivity contribution < 1.29 is 33.3 Å². The third kappa shape index (κ3) is 4.62. The molecule has 0 amide bonds. The molecule has 7 nitrogen and oxygen atoms in total. The van der Waals surface area contributed by atoms with Crippen LogP contribution in [0.5, 0.6) is 11.5 Å². The van der Waals surface area contributed by atoms with Crippen LogP contribution in [0, 0.1) is 19.3 Å². The van der Waals surface area contributed by atoms with Gasteiger partial charge >= 0.3 is 14.6 Å². The fraction of sp³-hybridized carbons (Fsp3) is 0.533. The summed E-state index contributed by atoms with van der Waals surface area (Å²) >= 11 is 0. The van der Waals surface area contributed by atoms with Crippen molar-refractivity contribution in [3.05, 3.63) is 23.3 Å². The van der Waals surface area contributed by atoms with Gasteiger partial charge in [-0.15, -0.1) is 0 Å². The van der Waals surface area contributed by atoms with Gasteiger partial charge in [0.1, 0.15) is 11.5 Å². The van der Waals surface area contributed by atoms with Gasteiger partial charge in [0.15, 0.2) is 0 Å². The number of aliphatic hydroxyl groups excluding tert-OH is 1. The fourth-order valence-corrected chi connectivity index (χ4v) is 3.45. The number of aryl methyl sites for hydroxylation is 2. The number of hydrogen-bond donors (Lipinski definition) is 2. The van der Waals surface area contributed by atoms with Crippen LogP contribution in [0.15, 0.2) is 12.1 Å². The first-order valence-electron chi connectivity index (χ1n) is 7.13. The van der Waals surface area contributed by atoms with E-state index in [0.29, 0.717) is 36.7 Å². The third-order valence-corrected chi connectivity index (χ3v) is 4.51. The Labute approximate surface area is 136 Å². The number of esters is 1. The normalized spacial score (nSPS) is 25.5. The van der Waals surface area contributed by atoms with Crippen molar-refractivity contribution in [1.29, 1.82) is 0 Å². The molecule has 1 aromatic carbocycles. The first-order valence-corrected chi connectivity index (χ1v) is 8.23. The monoisotopic (exact) mass is 344 g/mol. The molecule has 0 unspecified atom stereocenters. The van der Waals surface area contributed by atoms with Crippen LogP contribution < -0.4 is 4.74 Å². The molecule has 0 radical (unpaired) electrons. The van der Waals surface area contributed by atoms with Crippen molar-refractivity contribution in [3.8, 4) is 11.5 Å². The molecule has 128 valence electrons. The highest BCUT2D eigenvalue weighted by atomic mass is 31.2. The number of rotatable bonds is 2. The summed E-state index contributed by atoms with van der Waals surface area (Å²) in [6, 6.07) is 3.26. The van der Waals surface area contributed by atoms with Gasteiger partial charge in [-0.05, 0) is 37.1 Å². The van der Waals surface area contributed by atoms with Crippen molar-refractivity contribution in [2.45, 2.75) is 20.8 Å². The number of aromatic hydroxyl groups is 1. The smallest absolute Gasteiger partial charge is 0.332 e. The number of carbonyl (C=O) groups is 1. The number of phenolic OH excluding ortho intramolecular Hbond substituents is 1. The molecule has 0 saturated carbocycles. The minimum Gasteiger partial charge on any atom is -0.507 e. The van der Waals surface area contributed by atoms with Crippen LogP contribution in [0.4, 0.5) is 0 Å². The van der Waals surface area contributed by atoms with Crippen LogP contribution in [0.3, 0.4) is 0 Å². The SMILES string of the molecule is CC(=O)Oc1cc(C)c(O)c(C)c1.OCC12COP(OC1)OC2. The van der Waals surface area contributed by atoms with Gasteiger partial charge in [-0.25, -0.2) is 0 Å². The average molecular weight is 344 g/mol. The van der Waals surface area contributed by atoms with E-state index in [4.69, 9.17) is 23.4 Å². The van der Waals surface area contributed by atoms with Crippen molar-refractivity contribution in [1.82, 2.24) is 0 Å². The van der Waals surface area contributed by atoms with E-state index in [9.17, 15) is 9.90 Å². The van der Waals surface area contributed by atoms with Crippen LogP contribution in [-0.2, 0) is 18.4 Å². The first kappa shape index (κ1) is 18.1. The van der Waals surface area contributed by atoms with Crippen LogP contribution in [0.2, 0.25) is 0 Å². The minimum absolute atomic E-state index is 0.0795. The Bertz CT molecular complexity index is 530. The second-order valence-electron chi connectivity index (χ2n) is 5.70. The Morgan fingerprint density at radius 3 is 2.04 bits per heavy atom. The molecule has 0 spiro atoms. The second kappa shape index (κ2) is 7.55. The number of fused-ring (bicyclic) bond motifs is 3. The maximum Gasteiger partial charge on any atom is 0.332 e. The molecule has 2 N–H and O–H groups in total. The van der Waals surface area contributed by atoms with E-state index in [1.54, 1.807) is 26.0 Å². The number of aliphatic hydroxyl groups is 1. The first-order chi connectivity index (χ1) is 10.8. The van der Waals surface area contributed by atoms with Crippen molar-refractivity contribution in [2.24, 2.45) is 5.41 Å². The number of benzene rings is 1. The summed E-state index contributed by atoms with van der Waals surface area (Å²) in [6.45, 7) is 6.68.